The Morgan fingerprint density at radius 3 is 1.38 bits per heavy atom. The number of hydrogen-bond acceptors (Lipinski definition) is 1. The molecule has 0 aliphatic rings. The van der Waals surface area contributed by atoms with Crippen LogP contribution in [0.3, 0.4) is 0 Å². The molecule has 4 aromatic rings. The van der Waals surface area contributed by atoms with E-state index in [1.807, 2.05) is 24.3 Å². The molecule has 0 atom stereocenters. The van der Waals surface area contributed by atoms with Gasteiger partial charge >= 0.3 is 159 Å². The van der Waals surface area contributed by atoms with Crippen molar-refractivity contribution >= 4 is 33.1 Å². The average molecular weight is 379 g/mol. The van der Waals surface area contributed by atoms with Gasteiger partial charge in [-0.05, 0) is 0 Å². The Labute approximate surface area is 159 Å². The first-order valence-electron chi connectivity index (χ1n) is 8.62. The molecule has 3 heteroatoms. The summed E-state index contributed by atoms with van der Waals surface area (Å²) < 4.78 is 5.38. The van der Waals surface area contributed by atoms with Crippen molar-refractivity contribution in [1.29, 1.82) is 0 Å². The van der Waals surface area contributed by atoms with Gasteiger partial charge in [-0.15, -0.1) is 0 Å². The van der Waals surface area contributed by atoms with E-state index in [-0.39, 0.29) is 0 Å². The monoisotopic (exact) mass is 378 g/mol. The third-order valence-electron chi connectivity index (χ3n) is 4.94. The van der Waals surface area contributed by atoms with Crippen LogP contribution in [0, 0.1) is 0 Å². The second kappa shape index (κ2) is 6.76. The van der Waals surface area contributed by atoms with Gasteiger partial charge in [-0.25, -0.2) is 0 Å². The molecule has 3 aromatic carbocycles. The van der Waals surface area contributed by atoms with Crippen LogP contribution in [0.5, 0.6) is 0 Å². The molecular formula is C23H20ClOP. The molecule has 0 saturated heterocycles. The van der Waals surface area contributed by atoms with Crippen LogP contribution < -0.4 is 15.9 Å². The van der Waals surface area contributed by atoms with Gasteiger partial charge in [-0.1, -0.05) is 0 Å². The molecule has 0 spiro atoms. The normalized spacial score (nSPS) is 13.0. The van der Waals surface area contributed by atoms with Gasteiger partial charge in [-0.2, -0.15) is 0 Å². The Balaban J connectivity index is 2.10. The van der Waals surface area contributed by atoms with E-state index in [9.17, 15) is 0 Å². The van der Waals surface area contributed by atoms with E-state index < -0.39 is 5.96 Å². The van der Waals surface area contributed by atoms with Gasteiger partial charge in [0.1, 0.15) is 0 Å². The topological polar surface area (TPSA) is 13.1 Å². The number of furan rings is 1. The van der Waals surface area contributed by atoms with Gasteiger partial charge in [0.05, 0.1) is 0 Å². The second-order valence-electron chi connectivity index (χ2n) is 6.48. The quantitative estimate of drug-likeness (QED) is 0.420. The fourth-order valence-electron chi connectivity index (χ4n) is 3.66. The van der Waals surface area contributed by atoms with Gasteiger partial charge in [0.15, 0.2) is 0 Å². The summed E-state index contributed by atoms with van der Waals surface area (Å²) in [5.74, 6) is -3.23. The Bertz CT molecular complexity index is 867. The molecular weight excluding hydrogens is 359 g/mol. The molecule has 4 rings (SSSR count). The fraction of sp³-hybridized carbons (Fsp3) is 0.0435. The summed E-state index contributed by atoms with van der Waals surface area (Å²) >= 11 is 7.95. The molecule has 0 unspecified atom stereocenters. The van der Waals surface area contributed by atoms with Gasteiger partial charge in [-0.3, -0.25) is 0 Å². The van der Waals surface area contributed by atoms with Crippen molar-refractivity contribution in [3.63, 3.8) is 0 Å². The summed E-state index contributed by atoms with van der Waals surface area (Å²) in [5.41, 5.74) is 1.11. The minimum absolute atomic E-state index is 0.710. The van der Waals surface area contributed by atoms with Crippen LogP contribution in [-0.2, 0) is 6.16 Å². The van der Waals surface area contributed by atoms with Crippen molar-refractivity contribution in [3.05, 3.63) is 115 Å². The van der Waals surface area contributed by atoms with Gasteiger partial charge in [0, 0.05) is 0 Å². The van der Waals surface area contributed by atoms with Crippen LogP contribution in [0.1, 0.15) is 5.56 Å². The number of benzene rings is 3. The third kappa shape index (κ3) is 2.69. The zero-order valence-electron chi connectivity index (χ0n) is 14.3. The standard InChI is InChI=1S/C23H20ClOP/c24-26(19-20-16-17-25-18-20,21-10-4-1-5-11-21,22-12-6-2-7-13-22)23-14-8-3-9-15-23/h1-18H,19H2. The molecule has 0 aliphatic carbocycles. The minimum atomic E-state index is -3.23. The summed E-state index contributed by atoms with van der Waals surface area (Å²) in [4.78, 5) is 0. The molecule has 0 fully saturated rings. The summed E-state index contributed by atoms with van der Waals surface area (Å²) in [5, 5.41) is 3.50. The Kier molecular flexibility index (Phi) is 4.44. The van der Waals surface area contributed by atoms with Gasteiger partial charge in [0.25, 0.3) is 0 Å². The maximum atomic E-state index is 7.95. The fourth-order valence-corrected chi connectivity index (χ4v) is 9.78. The molecule has 0 N–H and O–H groups in total. The molecule has 26 heavy (non-hydrogen) atoms. The van der Waals surface area contributed by atoms with E-state index in [2.05, 4.69) is 72.8 Å². The Hall–Kier alpha value is -2.34. The molecule has 1 aromatic heterocycles. The molecule has 1 heterocycles. The average Bonchev–Trinajstić information content (AvgIpc) is 3.23. The van der Waals surface area contributed by atoms with Crippen molar-refractivity contribution in [2.24, 2.45) is 0 Å². The second-order valence-corrected chi connectivity index (χ2v) is 12.9. The molecule has 0 radical (unpaired) electrons. The Morgan fingerprint density at radius 2 is 1.04 bits per heavy atom. The number of halogens is 1. The van der Waals surface area contributed by atoms with Crippen molar-refractivity contribution in [2.75, 3.05) is 0 Å². The van der Waals surface area contributed by atoms with Crippen LogP contribution in [0.15, 0.2) is 114 Å². The first-order valence-corrected chi connectivity index (χ1v) is 12.0. The predicted octanol–water partition coefficient (Wildman–Crippen LogP) is 5.46. The van der Waals surface area contributed by atoms with E-state index >= 15 is 0 Å². The molecule has 1 nitrogen and oxygen atoms in total. The van der Waals surface area contributed by atoms with Crippen LogP contribution >= 0.6 is 17.2 Å². The molecule has 0 saturated carbocycles. The summed E-state index contributed by atoms with van der Waals surface area (Å²) in [7, 11) is 0. The third-order valence-corrected chi connectivity index (χ3v) is 12.1. The van der Waals surface area contributed by atoms with E-state index in [0.29, 0.717) is 6.16 Å². The molecule has 130 valence electrons. The van der Waals surface area contributed by atoms with Crippen molar-refractivity contribution in [3.8, 4) is 0 Å². The van der Waals surface area contributed by atoms with Gasteiger partial charge in [0.2, 0.25) is 0 Å². The number of hydrogen-bond donors (Lipinski definition) is 0. The van der Waals surface area contributed by atoms with E-state index in [4.69, 9.17) is 15.7 Å². The summed E-state index contributed by atoms with van der Waals surface area (Å²) in [6.45, 7) is 0. The molecule has 0 aliphatic heterocycles. The van der Waals surface area contributed by atoms with Crippen LogP contribution in [0.2, 0.25) is 0 Å². The van der Waals surface area contributed by atoms with Crippen LogP contribution in [0.25, 0.3) is 0 Å². The van der Waals surface area contributed by atoms with Crippen molar-refractivity contribution in [1.82, 2.24) is 0 Å². The van der Waals surface area contributed by atoms with Crippen LogP contribution in [-0.4, -0.2) is 0 Å². The molecule has 0 bridgehead atoms. The summed E-state index contributed by atoms with van der Waals surface area (Å²) in [6, 6.07) is 33.5. The zero-order chi connectivity index (χ0) is 17.9. The maximum absolute atomic E-state index is 7.95. The first-order chi connectivity index (χ1) is 12.7. The SMILES string of the molecule is ClP(Cc1ccoc1)(c1ccccc1)(c1ccccc1)c1ccccc1. The predicted molar refractivity (Wildman–Crippen MR) is 113 cm³/mol. The zero-order valence-corrected chi connectivity index (χ0v) is 16.0. The van der Waals surface area contributed by atoms with E-state index in [1.165, 1.54) is 15.9 Å². The van der Waals surface area contributed by atoms with Crippen molar-refractivity contribution in [2.45, 2.75) is 6.16 Å². The van der Waals surface area contributed by atoms with Gasteiger partial charge < -0.3 is 0 Å². The Morgan fingerprint density at radius 1 is 0.615 bits per heavy atom. The molecule has 0 amide bonds. The van der Waals surface area contributed by atoms with E-state index in [0.717, 1.165) is 5.56 Å². The van der Waals surface area contributed by atoms with Crippen molar-refractivity contribution < 1.29 is 4.42 Å². The number of rotatable bonds is 5. The summed E-state index contributed by atoms with van der Waals surface area (Å²) in [6.07, 6.45) is 4.23. The van der Waals surface area contributed by atoms with E-state index in [1.54, 1.807) is 12.5 Å². The van der Waals surface area contributed by atoms with Crippen LogP contribution in [0.4, 0.5) is 0 Å². The first kappa shape index (κ1) is 17.1.